The molecule has 136 valence electrons. The van der Waals surface area contributed by atoms with E-state index in [1.54, 1.807) is 42.4 Å². The van der Waals surface area contributed by atoms with Crippen molar-refractivity contribution in [3.05, 3.63) is 53.3 Å². The van der Waals surface area contributed by atoms with Gasteiger partial charge in [-0.1, -0.05) is 12.1 Å². The molecule has 1 aromatic carbocycles. The Kier molecular flexibility index (Phi) is 5.27. The third-order valence-corrected chi connectivity index (χ3v) is 4.51. The number of carbonyl (C=O) groups is 1. The van der Waals surface area contributed by atoms with Crippen LogP contribution in [0.1, 0.15) is 29.0 Å². The van der Waals surface area contributed by atoms with Gasteiger partial charge in [-0.3, -0.25) is 9.48 Å². The molecule has 0 radical (unpaired) electrons. The van der Waals surface area contributed by atoms with Crippen molar-refractivity contribution < 1.29 is 18.3 Å². The fourth-order valence-corrected chi connectivity index (χ4v) is 3.13. The molecule has 0 aliphatic rings. The number of carbonyl (C=O) groups excluding carboxylic acids is 1. The van der Waals surface area contributed by atoms with Crippen molar-refractivity contribution in [3.63, 3.8) is 0 Å². The highest BCUT2D eigenvalue weighted by Gasteiger charge is 2.16. The summed E-state index contributed by atoms with van der Waals surface area (Å²) in [5.41, 5.74) is 1.78. The average Bonchev–Trinajstić information content (AvgIpc) is 3.23. The predicted octanol–water partition coefficient (Wildman–Crippen LogP) is 3.64. The van der Waals surface area contributed by atoms with E-state index in [0.717, 1.165) is 5.56 Å². The van der Waals surface area contributed by atoms with E-state index in [1.165, 1.54) is 23.5 Å². The third kappa shape index (κ3) is 4.23. The van der Waals surface area contributed by atoms with Crippen molar-refractivity contribution in [2.45, 2.75) is 19.6 Å². The number of rotatable bonds is 6. The van der Waals surface area contributed by atoms with E-state index in [9.17, 15) is 13.6 Å². The monoisotopic (exact) mass is 378 g/mol. The Balaban J connectivity index is 1.69. The quantitative estimate of drug-likeness (QED) is 0.711. The number of amides is 1. The SMILES string of the molecule is CC(NC(=O)c1csc(-c2cnn(C)c2)n1)c1cccc(OC(F)F)c1. The zero-order chi connectivity index (χ0) is 18.7. The van der Waals surface area contributed by atoms with Gasteiger partial charge >= 0.3 is 6.61 Å². The maximum atomic E-state index is 12.4. The molecule has 1 N–H and O–H groups in total. The summed E-state index contributed by atoms with van der Waals surface area (Å²) in [6.45, 7) is -1.13. The number of aromatic nitrogens is 3. The Hall–Kier alpha value is -2.81. The summed E-state index contributed by atoms with van der Waals surface area (Å²) in [7, 11) is 1.80. The average molecular weight is 378 g/mol. The van der Waals surface area contributed by atoms with Crippen LogP contribution in [0, 0.1) is 0 Å². The number of hydrogen-bond acceptors (Lipinski definition) is 5. The first-order valence-corrected chi connectivity index (χ1v) is 8.60. The molecule has 3 rings (SSSR count). The molecule has 6 nitrogen and oxygen atoms in total. The minimum absolute atomic E-state index is 0.0473. The molecule has 0 saturated heterocycles. The highest BCUT2D eigenvalue weighted by Crippen LogP contribution is 2.24. The van der Waals surface area contributed by atoms with Gasteiger partial charge in [0.05, 0.1) is 12.2 Å². The van der Waals surface area contributed by atoms with Gasteiger partial charge in [0.25, 0.3) is 5.91 Å². The van der Waals surface area contributed by atoms with Crippen LogP contribution in [0.2, 0.25) is 0 Å². The zero-order valence-electron chi connectivity index (χ0n) is 14.0. The summed E-state index contributed by atoms with van der Waals surface area (Å²) in [6.07, 6.45) is 3.50. The Morgan fingerprint density at radius 3 is 2.88 bits per heavy atom. The van der Waals surface area contributed by atoms with Gasteiger partial charge in [0.1, 0.15) is 16.5 Å². The standard InChI is InChI=1S/C17H16F2N4O2S/c1-10(11-4-3-5-13(6-11)25-17(18)19)21-15(24)14-9-26-16(22-14)12-7-20-23(2)8-12/h3-10,17H,1-2H3,(H,21,24). The Labute approximate surface area is 152 Å². The van der Waals surface area contributed by atoms with E-state index in [2.05, 4.69) is 20.1 Å². The second-order valence-corrected chi connectivity index (χ2v) is 6.44. The number of thiazole rings is 1. The minimum Gasteiger partial charge on any atom is -0.435 e. The number of aryl methyl sites for hydroxylation is 1. The number of ether oxygens (including phenoxy) is 1. The lowest BCUT2D eigenvalue weighted by Gasteiger charge is -2.14. The van der Waals surface area contributed by atoms with Gasteiger partial charge in [0, 0.05) is 24.2 Å². The topological polar surface area (TPSA) is 69.0 Å². The molecule has 1 amide bonds. The molecule has 0 fully saturated rings. The lowest BCUT2D eigenvalue weighted by molar-refractivity contribution is -0.0499. The van der Waals surface area contributed by atoms with Crippen molar-refractivity contribution in [1.29, 1.82) is 0 Å². The van der Waals surface area contributed by atoms with Crippen LogP contribution in [0.5, 0.6) is 5.75 Å². The summed E-state index contributed by atoms with van der Waals surface area (Å²) >= 11 is 1.35. The maximum absolute atomic E-state index is 12.4. The summed E-state index contributed by atoms with van der Waals surface area (Å²) in [5.74, 6) is -0.296. The summed E-state index contributed by atoms with van der Waals surface area (Å²) in [5, 5.41) is 9.25. The van der Waals surface area contributed by atoms with Crippen molar-refractivity contribution in [1.82, 2.24) is 20.1 Å². The van der Waals surface area contributed by atoms with Gasteiger partial charge < -0.3 is 10.1 Å². The van der Waals surface area contributed by atoms with Gasteiger partial charge in [-0.15, -0.1) is 11.3 Å². The molecule has 1 atom stereocenters. The van der Waals surface area contributed by atoms with E-state index in [4.69, 9.17) is 0 Å². The molecule has 9 heteroatoms. The molecule has 2 aromatic heterocycles. The highest BCUT2D eigenvalue weighted by atomic mass is 32.1. The maximum Gasteiger partial charge on any atom is 0.387 e. The van der Waals surface area contributed by atoms with Crippen molar-refractivity contribution >= 4 is 17.2 Å². The first-order valence-electron chi connectivity index (χ1n) is 7.72. The molecule has 2 heterocycles. The largest absolute Gasteiger partial charge is 0.435 e. The van der Waals surface area contributed by atoms with E-state index >= 15 is 0 Å². The highest BCUT2D eigenvalue weighted by molar-refractivity contribution is 7.13. The first-order chi connectivity index (χ1) is 12.4. The third-order valence-electron chi connectivity index (χ3n) is 3.62. The molecule has 0 bridgehead atoms. The number of nitrogens with zero attached hydrogens (tertiary/aromatic N) is 3. The number of alkyl halides is 2. The molecule has 0 saturated carbocycles. The van der Waals surface area contributed by atoms with Crippen LogP contribution in [-0.4, -0.2) is 27.3 Å². The van der Waals surface area contributed by atoms with Gasteiger partial charge in [0.15, 0.2) is 0 Å². The normalized spacial score (nSPS) is 12.2. The summed E-state index contributed by atoms with van der Waals surface area (Å²) in [4.78, 5) is 16.7. The Morgan fingerprint density at radius 2 is 2.19 bits per heavy atom. The molecule has 0 aliphatic heterocycles. The van der Waals surface area contributed by atoms with Crippen molar-refractivity contribution in [2.24, 2.45) is 7.05 Å². The van der Waals surface area contributed by atoms with Crippen molar-refractivity contribution in [3.8, 4) is 16.3 Å². The van der Waals surface area contributed by atoms with Crippen LogP contribution < -0.4 is 10.1 Å². The Bertz CT molecular complexity index is 910. The van der Waals surface area contributed by atoms with Gasteiger partial charge in [-0.25, -0.2) is 4.98 Å². The molecule has 3 aromatic rings. The van der Waals surface area contributed by atoms with E-state index in [-0.39, 0.29) is 11.7 Å². The lowest BCUT2D eigenvalue weighted by atomic mass is 10.1. The van der Waals surface area contributed by atoms with Crippen LogP contribution in [0.25, 0.3) is 10.6 Å². The molecular weight excluding hydrogens is 362 g/mol. The predicted molar refractivity (Wildman–Crippen MR) is 93.3 cm³/mol. The van der Waals surface area contributed by atoms with Crippen LogP contribution in [0.4, 0.5) is 8.78 Å². The fraction of sp³-hybridized carbons (Fsp3) is 0.235. The first kappa shape index (κ1) is 18.0. The van der Waals surface area contributed by atoms with Gasteiger partial charge in [-0.05, 0) is 24.6 Å². The lowest BCUT2D eigenvalue weighted by Crippen LogP contribution is -2.26. The second-order valence-electron chi connectivity index (χ2n) is 5.59. The number of benzene rings is 1. The molecule has 0 spiro atoms. The minimum atomic E-state index is -2.89. The van der Waals surface area contributed by atoms with Crippen LogP contribution in [0.15, 0.2) is 42.0 Å². The molecule has 1 unspecified atom stereocenters. The van der Waals surface area contributed by atoms with Crippen molar-refractivity contribution in [2.75, 3.05) is 0 Å². The molecule has 0 aliphatic carbocycles. The molecule has 26 heavy (non-hydrogen) atoms. The van der Waals surface area contributed by atoms with Gasteiger partial charge in [0.2, 0.25) is 0 Å². The summed E-state index contributed by atoms with van der Waals surface area (Å²) < 4.78 is 30.7. The van der Waals surface area contributed by atoms with E-state index in [1.807, 2.05) is 6.20 Å². The van der Waals surface area contributed by atoms with E-state index < -0.39 is 12.7 Å². The van der Waals surface area contributed by atoms with Crippen LogP contribution in [-0.2, 0) is 7.05 Å². The number of nitrogens with one attached hydrogen (secondary N) is 1. The van der Waals surface area contributed by atoms with E-state index in [0.29, 0.717) is 16.3 Å². The second kappa shape index (κ2) is 7.61. The fourth-order valence-electron chi connectivity index (χ4n) is 2.36. The van der Waals surface area contributed by atoms with Gasteiger partial charge in [-0.2, -0.15) is 13.9 Å². The smallest absolute Gasteiger partial charge is 0.387 e. The Morgan fingerprint density at radius 1 is 1.38 bits per heavy atom. The zero-order valence-corrected chi connectivity index (χ0v) is 14.8. The van der Waals surface area contributed by atoms with Crippen LogP contribution in [0.3, 0.4) is 0 Å². The van der Waals surface area contributed by atoms with Crippen LogP contribution >= 0.6 is 11.3 Å². The summed E-state index contributed by atoms with van der Waals surface area (Å²) in [6, 6.07) is 5.83. The molecular formula is C17H16F2N4O2S. The number of hydrogen-bond donors (Lipinski definition) is 1. The number of halogens is 2.